The van der Waals surface area contributed by atoms with Gasteiger partial charge in [-0.2, -0.15) is 0 Å². The summed E-state index contributed by atoms with van der Waals surface area (Å²) in [7, 11) is 0. The van der Waals surface area contributed by atoms with E-state index in [1.54, 1.807) is 12.1 Å². The molecule has 4 heteroatoms. The molecule has 0 unspecified atom stereocenters. The minimum Gasteiger partial charge on any atom is -0.399 e. The fourth-order valence-electron chi connectivity index (χ4n) is 1.95. The first-order chi connectivity index (χ1) is 9.54. The fourth-order valence-corrected chi connectivity index (χ4v) is 2.21. The molecule has 0 heterocycles. The molecule has 0 saturated carbocycles. The molecule has 0 saturated heterocycles. The molecule has 0 radical (unpaired) electrons. The summed E-state index contributed by atoms with van der Waals surface area (Å²) < 4.78 is 1.03. The Morgan fingerprint density at radius 2 is 1.75 bits per heavy atom. The van der Waals surface area contributed by atoms with Crippen LogP contribution in [0.4, 0.5) is 5.69 Å². The van der Waals surface area contributed by atoms with Crippen LogP contribution in [-0.2, 0) is 11.2 Å². The standard InChI is InChI=1S/C16H17BrN2O/c1-11(13-4-6-14(17)7-5-13)19-16(20)10-12-2-8-15(18)9-3-12/h2-9,11H,10,18H2,1H3,(H,19,20)/t11-/m1/s1. The molecule has 20 heavy (non-hydrogen) atoms. The van der Waals surface area contributed by atoms with Crippen molar-refractivity contribution < 1.29 is 4.79 Å². The van der Waals surface area contributed by atoms with Gasteiger partial charge >= 0.3 is 0 Å². The van der Waals surface area contributed by atoms with Crippen molar-refractivity contribution >= 4 is 27.5 Å². The minimum absolute atomic E-state index is 0.00481. The second-order valence-corrected chi connectivity index (χ2v) is 5.67. The van der Waals surface area contributed by atoms with Gasteiger partial charge < -0.3 is 11.1 Å². The molecule has 3 N–H and O–H groups in total. The summed E-state index contributed by atoms with van der Waals surface area (Å²) in [5, 5.41) is 2.99. The van der Waals surface area contributed by atoms with Crippen LogP contribution >= 0.6 is 15.9 Å². The van der Waals surface area contributed by atoms with Crippen LogP contribution in [0.5, 0.6) is 0 Å². The van der Waals surface area contributed by atoms with Gasteiger partial charge in [0.25, 0.3) is 0 Å². The van der Waals surface area contributed by atoms with Gasteiger partial charge in [0.05, 0.1) is 12.5 Å². The number of nitrogens with one attached hydrogen (secondary N) is 1. The van der Waals surface area contributed by atoms with Crippen molar-refractivity contribution in [1.29, 1.82) is 0 Å². The van der Waals surface area contributed by atoms with Gasteiger partial charge in [-0.05, 0) is 42.3 Å². The summed E-state index contributed by atoms with van der Waals surface area (Å²) >= 11 is 3.40. The molecule has 0 aliphatic carbocycles. The van der Waals surface area contributed by atoms with E-state index >= 15 is 0 Å². The number of benzene rings is 2. The number of hydrogen-bond acceptors (Lipinski definition) is 2. The van der Waals surface area contributed by atoms with Gasteiger partial charge in [0, 0.05) is 10.2 Å². The van der Waals surface area contributed by atoms with Gasteiger partial charge in [0.15, 0.2) is 0 Å². The predicted molar refractivity (Wildman–Crippen MR) is 85.3 cm³/mol. The first kappa shape index (κ1) is 14.6. The number of halogens is 1. The molecule has 0 aliphatic heterocycles. The minimum atomic E-state index is -0.00983. The van der Waals surface area contributed by atoms with E-state index in [1.807, 2.05) is 43.3 Å². The normalized spacial score (nSPS) is 11.9. The van der Waals surface area contributed by atoms with Crippen molar-refractivity contribution in [1.82, 2.24) is 5.32 Å². The lowest BCUT2D eigenvalue weighted by Crippen LogP contribution is -2.28. The summed E-state index contributed by atoms with van der Waals surface area (Å²) in [6, 6.07) is 15.3. The van der Waals surface area contributed by atoms with Crippen LogP contribution in [0.25, 0.3) is 0 Å². The molecule has 1 amide bonds. The quantitative estimate of drug-likeness (QED) is 0.842. The fraction of sp³-hybridized carbons (Fsp3) is 0.188. The summed E-state index contributed by atoms with van der Waals surface area (Å²) in [4.78, 5) is 12.0. The Morgan fingerprint density at radius 3 is 2.35 bits per heavy atom. The lowest BCUT2D eigenvalue weighted by atomic mass is 10.1. The third-order valence-electron chi connectivity index (χ3n) is 3.09. The van der Waals surface area contributed by atoms with Gasteiger partial charge in [-0.1, -0.05) is 40.2 Å². The van der Waals surface area contributed by atoms with Crippen LogP contribution in [0.3, 0.4) is 0 Å². The van der Waals surface area contributed by atoms with E-state index in [1.165, 1.54) is 0 Å². The molecule has 2 rings (SSSR count). The van der Waals surface area contributed by atoms with Crippen molar-refractivity contribution in [3.8, 4) is 0 Å². The summed E-state index contributed by atoms with van der Waals surface area (Å²) in [5.74, 6) is 0.00481. The Balaban J connectivity index is 1.93. The van der Waals surface area contributed by atoms with Crippen molar-refractivity contribution in [2.24, 2.45) is 0 Å². The maximum absolute atomic E-state index is 12.0. The lowest BCUT2D eigenvalue weighted by molar-refractivity contribution is -0.121. The Kier molecular flexibility index (Phi) is 4.79. The maximum atomic E-state index is 12.0. The van der Waals surface area contributed by atoms with Crippen LogP contribution < -0.4 is 11.1 Å². The third kappa shape index (κ3) is 4.10. The molecule has 104 valence electrons. The van der Waals surface area contributed by atoms with E-state index in [9.17, 15) is 4.79 Å². The smallest absolute Gasteiger partial charge is 0.224 e. The van der Waals surface area contributed by atoms with E-state index in [2.05, 4.69) is 21.2 Å². The van der Waals surface area contributed by atoms with Crippen LogP contribution in [0.1, 0.15) is 24.1 Å². The monoisotopic (exact) mass is 332 g/mol. The summed E-state index contributed by atoms with van der Waals surface area (Å²) in [5.41, 5.74) is 8.37. The largest absolute Gasteiger partial charge is 0.399 e. The number of amides is 1. The van der Waals surface area contributed by atoms with Crippen molar-refractivity contribution in [3.63, 3.8) is 0 Å². The molecule has 1 atom stereocenters. The average Bonchev–Trinajstić information content (AvgIpc) is 2.42. The van der Waals surface area contributed by atoms with Gasteiger partial charge in [-0.3, -0.25) is 4.79 Å². The Bertz CT molecular complexity index is 578. The number of carbonyl (C=O) groups excluding carboxylic acids is 1. The molecule has 0 fully saturated rings. The molecule has 2 aromatic carbocycles. The predicted octanol–water partition coefficient (Wildman–Crippen LogP) is 3.45. The first-order valence-electron chi connectivity index (χ1n) is 6.44. The number of nitrogens with two attached hydrogens (primary N) is 1. The maximum Gasteiger partial charge on any atom is 0.224 e. The number of rotatable bonds is 4. The van der Waals surface area contributed by atoms with Gasteiger partial charge in [0.1, 0.15) is 0 Å². The van der Waals surface area contributed by atoms with E-state index in [0.29, 0.717) is 12.1 Å². The Labute approximate surface area is 127 Å². The molecule has 2 aromatic rings. The molecular formula is C16H17BrN2O. The highest BCUT2D eigenvalue weighted by Crippen LogP contribution is 2.16. The Hall–Kier alpha value is -1.81. The molecular weight excluding hydrogens is 316 g/mol. The first-order valence-corrected chi connectivity index (χ1v) is 7.23. The van der Waals surface area contributed by atoms with Crippen LogP contribution in [0, 0.1) is 0 Å². The lowest BCUT2D eigenvalue weighted by Gasteiger charge is -2.14. The number of hydrogen-bond donors (Lipinski definition) is 2. The van der Waals surface area contributed by atoms with Crippen molar-refractivity contribution in [3.05, 3.63) is 64.1 Å². The van der Waals surface area contributed by atoms with Crippen molar-refractivity contribution in [2.45, 2.75) is 19.4 Å². The van der Waals surface area contributed by atoms with Crippen LogP contribution in [0.2, 0.25) is 0 Å². The zero-order valence-electron chi connectivity index (χ0n) is 11.3. The topological polar surface area (TPSA) is 55.1 Å². The van der Waals surface area contributed by atoms with Gasteiger partial charge in [-0.25, -0.2) is 0 Å². The summed E-state index contributed by atoms with van der Waals surface area (Å²) in [6.07, 6.45) is 0.362. The second-order valence-electron chi connectivity index (χ2n) is 4.76. The number of anilines is 1. The van der Waals surface area contributed by atoms with Crippen molar-refractivity contribution in [2.75, 3.05) is 5.73 Å². The third-order valence-corrected chi connectivity index (χ3v) is 3.62. The van der Waals surface area contributed by atoms with E-state index in [4.69, 9.17) is 5.73 Å². The molecule has 3 nitrogen and oxygen atoms in total. The van der Waals surface area contributed by atoms with E-state index < -0.39 is 0 Å². The molecule has 0 aliphatic rings. The average molecular weight is 333 g/mol. The second kappa shape index (κ2) is 6.57. The molecule has 0 aromatic heterocycles. The van der Waals surface area contributed by atoms with Gasteiger partial charge in [-0.15, -0.1) is 0 Å². The van der Waals surface area contributed by atoms with E-state index in [-0.39, 0.29) is 11.9 Å². The van der Waals surface area contributed by atoms with Crippen LogP contribution in [-0.4, -0.2) is 5.91 Å². The number of nitrogen functional groups attached to an aromatic ring is 1. The zero-order chi connectivity index (χ0) is 14.5. The summed E-state index contributed by atoms with van der Waals surface area (Å²) in [6.45, 7) is 1.98. The number of carbonyl (C=O) groups is 1. The Morgan fingerprint density at radius 1 is 1.15 bits per heavy atom. The zero-order valence-corrected chi connectivity index (χ0v) is 12.9. The SMILES string of the molecule is C[C@@H](NC(=O)Cc1ccc(N)cc1)c1ccc(Br)cc1. The highest BCUT2D eigenvalue weighted by molar-refractivity contribution is 9.10. The van der Waals surface area contributed by atoms with Crippen LogP contribution in [0.15, 0.2) is 53.0 Å². The highest BCUT2D eigenvalue weighted by atomic mass is 79.9. The molecule has 0 bridgehead atoms. The van der Waals surface area contributed by atoms with Gasteiger partial charge in [0.2, 0.25) is 5.91 Å². The molecule has 0 spiro atoms. The van der Waals surface area contributed by atoms with E-state index in [0.717, 1.165) is 15.6 Å². The highest BCUT2D eigenvalue weighted by Gasteiger charge is 2.10.